The Kier molecular flexibility index (Phi) is 5.18. The highest BCUT2D eigenvalue weighted by Crippen LogP contribution is 2.25. The molecule has 0 radical (unpaired) electrons. The fourth-order valence-corrected chi connectivity index (χ4v) is 1.95. The molecule has 1 aromatic carbocycles. The van der Waals surface area contributed by atoms with Crippen LogP contribution >= 0.6 is 0 Å². The molecule has 1 atom stereocenters. The summed E-state index contributed by atoms with van der Waals surface area (Å²) >= 11 is 0. The van der Waals surface area contributed by atoms with Gasteiger partial charge in [-0.25, -0.2) is 0 Å². The van der Waals surface area contributed by atoms with Gasteiger partial charge in [0.05, 0.1) is 10.5 Å². The van der Waals surface area contributed by atoms with E-state index >= 15 is 0 Å². The summed E-state index contributed by atoms with van der Waals surface area (Å²) in [6.45, 7) is 2.22. The largest absolute Gasteiger partial charge is 0.387 e. The number of carbonyl (C=O) groups is 1. The van der Waals surface area contributed by atoms with Gasteiger partial charge in [-0.15, -0.1) is 0 Å². The molecule has 1 unspecified atom stereocenters. The maximum atomic E-state index is 11.0. The molecule has 0 aromatic heterocycles. The summed E-state index contributed by atoms with van der Waals surface area (Å²) in [5, 5.41) is 24.0. The maximum Gasteiger partial charge on any atom is 0.293 e. The molecule has 0 bridgehead atoms. The molecule has 1 rings (SSSR count). The zero-order valence-corrected chi connectivity index (χ0v) is 11.8. The van der Waals surface area contributed by atoms with Crippen LogP contribution in [-0.2, 0) is 0 Å². The summed E-state index contributed by atoms with van der Waals surface area (Å²) in [7, 11) is 3.66. The number of aliphatic hydroxyl groups is 1. The number of carbonyl (C=O) groups excluding carboxylic acids is 1. The number of anilines is 1. The van der Waals surface area contributed by atoms with Gasteiger partial charge in [-0.05, 0) is 33.2 Å². The molecule has 0 aliphatic heterocycles. The molecule has 0 aliphatic carbocycles. The van der Waals surface area contributed by atoms with E-state index in [0.29, 0.717) is 12.8 Å². The first-order valence-electron chi connectivity index (χ1n) is 6.10. The van der Waals surface area contributed by atoms with E-state index in [0.717, 1.165) is 0 Å². The second-order valence-electron chi connectivity index (χ2n) is 5.24. The molecule has 0 amide bonds. The average Bonchev–Trinajstić information content (AvgIpc) is 2.34. The Morgan fingerprint density at radius 2 is 2.15 bits per heavy atom. The molecule has 7 nitrogen and oxygen atoms in total. The Balaban J connectivity index is 2.87. The lowest BCUT2D eigenvalue weighted by Crippen LogP contribution is -2.43. The lowest BCUT2D eigenvalue weighted by Gasteiger charge is -2.27. The lowest BCUT2D eigenvalue weighted by molar-refractivity contribution is -0.384. The van der Waals surface area contributed by atoms with Gasteiger partial charge in [0, 0.05) is 24.7 Å². The minimum absolute atomic E-state index is 0.159. The van der Waals surface area contributed by atoms with Crippen molar-refractivity contribution in [1.29, 1.82) is 0 Å². The van der Waals surface area contributed by atoms with Crippen LogP contribution < -0.4 is 5.32 Å². The van der Waals surface area contributed by atoms with Crippen LogP contribution in [0.1, 0.15) is 17.3 Å². The van der Waals surface area contributed by atoms with Crippen molar-refractivity contribution in [3.63, 3.8) is 0 Å². The van der Waals surface area contributed by atoms with Crippen LogP contribution in [0.5, 0.6) is 0 Å². The number of nitrogens with one attached hydrogen (secondary N) is 1. The molecule has 0 aliphatic rings. The molecule has 1 aromatic rings. The first-order valence-corrected chi connectivity index (χ1v) is 6.10. The van der Waals surface area contributed by atoms with Gasteiger partial charge in [-0.3, -0.25) is 14.9 Å². The molecule has 7 heteroatoms. The predicted molar refractivity (Wildman–Crippen MR) is 76.2 cm³/mol. The third-order valence-corrected chi connectivity index (χ3v) is 2.67. The van der Waals surface area contributed by atoms with Gasteiger partial charge in [0.2, 0.25) is 0 Å². The van der Waals surface area contributed by atoms with Crippen LogP contribution in [0, 0.1) is 10.1 Å². The Bertz CT molecular complexity index is 500. The zero-order chi connectivity index (χ0) is 15.3. The number of benzene rings is 1. The predicted octanol–water partition coefficient (Wildman–Crippen LogP) is 1.13. The Hall–Kier alpha value is -1.99. The van der Waals surface area contributed by atoms with Gasteiger partial charge < -0.3 is 15.3 Å². The van der Waals surface area contributed by atoms with Crippen molar-refractivity contribution in [2.75, 3.05) is 32.5 Å². The van der Waals surface area contributed by atoms with Crippen LogP contribution in [0.4, 0.5) is 11.4 Å². The minimum Gasteiger partial charge on any atom is -0.387 e. The summed E-state index contributed by atoms with van der Waals surface area (Å²) in [4.78, 5) is 22.9. The van der Waals surface area contributed by atoms with E-state index in [9.17, 15) is 20.0 Å². The van der Waals surface area contributed by atoms with Gasteiger partial charge in [-0.2, -0.15) is 0 Å². The van der Waals surface area contributed by atoms with Crippen LogP contribution in [0.2, 0.25) is 0 Å². The van der Waals surface area contributed by atoms with E-state index in [2.05, 4.69) is 5.32 Å². The zero-order valence-electron chi connectivity index (χ0n) is 11.8. The molecule has 0 saturated carbocycles. The van der Waals surface area contributed by atoms with E-state index in [1.54, 1.807) is 6.92 Å². The van der Waals surface area contributed by atoms with E-state index in [1.807, 2.05) is 19.0 Å². The number of rotatable bonds is 7. The number of nitro groups is 1. The Morgan fingerprint density at radius 3 is 2.65 bits per heavy atom. The van der Waals surface area contributed by atoms with Gasteiger partial charge in [0.25, 0.3) is 5.69 Å². The maximum absolute atomic E-state index is 11.0. The molecular formula is C13H19N3O4. The highest BCUT2D eigenvalue weighted by molar-refractivity contribution is 5.79. The summed E-state index contributed by atoms with van der Waals surface area (Å²) in [5.74, 6) is 0. The van der Waals surface area contributed by atoms with Gasteiger partial charge in [-0.1, -0.05) is 0 Å². The highest BCUT2D eigenvalue weighted by Gasteiger charge is 2.23. The summed E-state index contributed by atoms with van der Waals surface area (Å²) in [5.41, 5.74) is -0.696. The average molecular weight is 281 g/mol. The first kappa shape index (κ1) is 16.1. The van der Waals surface area contributed by atoms with Crippen LogP contribution in [0.25, 0.3) is 0 Å². The molecule has 0 spiro atoms. The van der Waals surface area contributed by atoms with Crippen molar-refractivity contribution in [2.45, 2.75) is 12.5 Å². The Morgan fingerprint density at radius 1 is 1.50 bits per heavy atom. The minimum atomic E-state index is -1.03. The van der Waals surface area contributed by atoms with Crippen molar-refractivity contribution in [3.8, 4) is 0 Å². The van der Waals surface area contributed by atoms with Crippen LogP contribution in [-0.4, -0.2) is 54.0 Å². The van der Waals surface area contributed by atoms with Gasteiger partial charge >= 0.3 is 0 Å². The molecule has 0 heterocycles. The molecule has 0 saturated heterocycles. The second-order valence-corrected chi connectivity index (χ2v) is 5.24. The van der Waals surface area contributed by atoms with Crippen molar-refractivity contribution >= 4 is 17.7 Å². The van der Waals surface area contributed by atoms with E-state index < -0.39 is 10.5 Å². The normalized spacial score (nSPS) is 13.8. The SMILES string of the molecule is CN(C)CC(C)(O)CNc1ccc(C=O)cc1[N+](=O)[O-]. The number of hydrogen-bond donors (Lipinski definition) is 2. The standard InChI is InChI=1S/C13H19N3O4/c1-13(18,9-15(2)3)8-14-11-5-4-10(7-17)6-12(11)16(19)20/h4-7,14,18H,8-9H2,1-3H3. The number of aldehydes is 1. The second kappa shape index (κ2) is 6.44. The number of hydrogen-bond acceptors (Lipinski definition) is 6. The van der Waals surface area contributed by atoms with Crippen LogP contribution in [0.15, 0.2) is 18.2 Å². The summed E-state index contributed by atoms with van der Waals surface area (Å²) in [6, 6.07) is 4.16. The van der Waals surface area contributed by atoms with Crippen molar-refractivity contribution in [1.82, 2.24) is 4.90 Å². The quantitative estimate of drug-likeness (QED) is 0.442. The molecular weight excluding hydrogens is 262 g/mol. The first-order chi connectivity index (χ1) is 9.25. The topological polar surface area (TPSA) is 95.7 Å². The van der Waals surface area contributed by atoms with Gasteiger partial charge in [0.15, 0.2) is 0 Å². The molecule has 2 N–H and O–H groups in total. The van der Waals surface area contributed by atoms with Gasteiger partial charge in [0.1, 0.15) is 12.0 Å². The third-order valence-electron chi connectivity index (χ3n) is 2.67. The fourth-order valence-electron chi connectivity index (χ4n) is 1.95. The monoisotopic (exact) mass is 281 g/mol. The van der Waals surface area contributed by atoms with Crippen molar-refractivity contribution in [2.24, 2.45) is 0 Å². The number of nitrogens with zero attached hydrogens (tertiary/aromatic N) is 2. The highest BCUT2D eigenvalue weighted by atomic mass is 16.6. The van der Waals surface area contributed by atoms with Crippen molar-refractivity contribution < 1.29 is 14.8 Å². The Labute approximate surface area is 117 Å². The van der Waals surface area contributed by atoms with Crippen molar-refractivity contribution in [3.05, 3.63) is 33.9 Å². The molecule has 110 valence electrons. The fraction of sp³-hybridized carbons (Fsp3) is 0.462. The molecule has 0 fully saturated rings. The van der Waals surface area contributed by atoms with E-state index in [1.165, 1.54) is 18.2 Å². The summed E-state index contributed by atoms with van der Waals surface area (Å²) in [6.07, 6.45) is 0.555. The molecule has 20 heavy (non-hydrogen) atoms. The van der Waals surface area contributed by atoms with Crippen LogP contribution in [0.3, 0.4) is 0 Å². The summed E-state index contributed by atoms with van der Waals surface area (Å²) < 4.78 is 0. The van der Waals surface area contributed by atoms with E-state index in [4.69, 9.17) is 0 Å². The van der Waals surface area contributed by atoms with E-state index in [-0.39, 0.29) is 23.5 Å². The third kappa shape index (κ3) is 4.60. The number of likely N-dealkylation sites (N-methyl/N-ethyl adjacent to an activating group) is 1. The smallest absolute Gasteiger partial charge is 0.293 e. The number of nitro benzene ring substituents is 1. The lowest BCUT2D eigenvalue weighted by atomic mass is 10.1.